The Kier molecular flexibility index (Phi) is 4.25. The van der Waals surface area contributed by atoms with Gasteiger partial charge >= 0.3 is 0 Å². The first-order valence-corrected chi connectivity index (χ1v) is 8.31. The molecule has 2 aromatic rings. The molecule has 21 heavy (non-hydrogen) atoms. The van der Waals surface area contributed by atoms with Crippen LogP contribution in [0.4, 0.5) is 0 Å². The SMILES string of the molecule is Cc1ccc(Br)cc1C(=O)CC1CCCc2ccccc21. The third-order valence-electron chi connectivity index (χ3n) is 4.43. The molecule has 0 saturated carbocycles. The Hall–Kier alpha value is -1.41. The lowest BCUT2D eigenvalue weighted by atomic mass is 9.79. The Balaban J connectivity index is 1.84. The number of hydrogen-bond donors (Lipinski definition) is 0. The van der Waals surface area contributed by atoms with Crippen LogP contribution in [0.2, 0.25) is 0 Å². The summed E-state index contributed by atoms with van der Waals surface area (Å²) >= 11 is 3.46. The first-order valence-electron chi connectivity index (χ1n) is 7.52. The predicted molar refractivity (Wildman–Crippen MR) is 89.9 cm³/mol. The van der Waals surface area contributed by atoms with Crippen LogP contribution in [0, 0.1) is 6.92 Å². The number of hydrogen-bond acceptors (Lipinski definition) is 1. The number of carbonyl (C=O) groups excluding carboxylic acids is 1. The van der Waals surface area contributed by atoms with Crippen LogP contribution < -0.4 is 0 Å². The van der Waals surface area contributed by atoms with Crippen LogP contribution in [0.15, 0.2) is 46.9 Å². The van der Waals surface area contributed by atoms with Crippen LogP contribution in [0.3, 0.4) is 0 Å². The summed E-state index contributed by atoms with van der Waals surface area (Å²) in [7, 11) is 0. The van der Waals surface area contributed by atoms with E-state index in [4.69, 9.17) is 0 Å². The zero-order chi connectivity index (χ0) is 14.8. The predicted octanol–water partition coefficient (Wildman–Crippen LogP) is 5.45. The van der Waals surface area contributed by atoms with Crippen molar-refractivity contribution in [2.75, 3.05) is 0 Å². The summed E-state index contributed by atoms with van der Waals surface area (Å²) in [5, 5.41) is 0. The molecule has 1 aliphatic carbocycles. The van der Waals surface area contributed by atoms with Gasteiger partial charge in [0, 0.05) is 16.5 Å². The van der Waals surface area contributed by atoms with Crippen LogP contribution in [0.5, 0.6) is 0 Å². The second-order valence-electron chi connectivity index (χ2n) is 5.87. The van der Waals surface area contributed by atoms with E-state index in [-0.39, 0.29) is 5.78 Å². The Bertz CT molecular complexity index is 675. The van der Waals surface area contributed by atoms with Gasteiger partial charge < -0.3 is 0 Å². The minimum atomic E-state index is 0.260. The van der Waals surface area contributed by atoms with Crippen molar-refractivity contribution in [1.82, 2.24) is 0 Å². The molecular formula is C19H19BrO. The molecule has 0 saturated heterocycles. The van der Waals surface area contributed by atoms with E-state index < -0.39 is 0 Å². The third kappa shape index (κ3) is 3.11. The zero-order valence-electron chi connectivity index (χ0n) is 12.2. The van der Waals surface area contributed by atoms with Crippen molar-refractivity contribution in [3.8, 4) is 0 Å². The second-order valence-corrected chi connectivity index (χ2v) is 6.79. The molecule has 1 atom stereocenters. The smallest absolute Gasteiger partial charge is 0.163 e. The van der Waals surface area contributed by atoms with Crippen LogP contribution in [-0.4, -0.2) is 5.78 Å². The van der Waals surface area contributed by atoms with Gasteiger partial charge in [-0.3, -0.25) is 4.79 Å². The van der Waals surface area contributed by atoms with Gasteiger partial charge in [-0.15, -0.1) is 0 Å². The van der Waals surface area contributed by atoms with Gasteiger partial charge in [-0.05, 0) is 60.9 Å². The first-order chi connectivity index (χ1) is 10.1. The molecule has 0 bridgehead atoms. The lowest BCUT2D eigenvalue weighted by Crippen LogP contribution is -2.14. The maximum atomic E-state index is 12.7. The van der Waals surface area contributed by atoms with E-state index in [0.717, 1.165) is 28.4 Å². The van der Waals surface area contributed by atoms with E-state index in [2.05, 4.69) is 40.2 Å². The number of benzene rings is 2. The molecule has 1 nitrogen and oxygen atoms in total. The highest BCUT2D eigenvalue weighted by Gasteiger charge is 2.23. The number of aryl methyl sites for hydroxylation is 2. The molecule has 0 N–H and O–H groups in total. The Morgan fingerprint density at radius 2 is 2.05 bits per heavy atom. The molecule has 0 fully saturated rings. The van der Waals surface area contributed by atoms with Crippen molar-refractivity contribution >= 4 is 21.7 Å². The fraction of sp³-hybridized carbons (Fsp3) is 0.316. The Morgan fingerprint density at radius 1 is 1.24 bits per heavy atom. The highest BCUT2D eigenvalue weighted by Crippen LogP contribution is 2.35. The molecule has 0 aromatic heterocycles. The number of carbonyl (C=O) groups is 1. The summed E-state index contributed by atoms with van der Waals surface area (Å²) in [6.07, 6.45) is 4.08. The number of Topliss-reactive ketones (excluding diaryl/α,β-unsaturated/α-hetero) is 1. The normalized spacial score (nSPS) is 17.3. The molecule has 0 spiro atoms. The van der Waals surface area contributed by atoms with Gasteiger partial charge in [-0.1, -0.05) is 46.3 Å². The lowest BCUT2D eigenvalue weighted by molar-refractivity contribution is 0.0970. The molecule has 0 aliphatic heterocycles. The van der Waals surface area contributed by atoms with E-state index in [1.807, 2.05) is 25.1 Å². The number of fused-ring (bicyclic) bond motifs is 1. The van der Waals surface area contributed by atoms with Crippen molar-refractivity contribution in [2.24, 2.45) is 0 Å². The first kappa shape index (κ1) is 14.5. The second kappa shape index (κ2) is 6.15. The van der Waals surface area contributed by atoms with Crippen molar-refractivity contribution < 1.29 is 4.79 Å². The topological polar surface area (TPSA) is 17.1 Å². The fourth-order valence-corrected chi connectivity index (χ4v) is 3.66. The standard InChI is InChI=1S/C19H19BrO/c1-13-9-10-16(20)12-18(13)19(21)11-15-7-4-6-14-5-2-3-8-17(14)15/h2-3,5,8-10,12,15H,4,6-7,11H2,1H3. The van der Waals surface area contributed by atoms with E-state index in [1.165, 1.54) is 17.5 Å². The maximum absolute atomic E-state index is 12.7. The van der Waals surface area contributed by atoms with Gasteiger partial charge in [0.05, 0.1) is 0 Å². The molecule has 3 rings (SSSR count). The van der Waals surface area contributed by atoms with E-state index in [1.54, 1.807) is 0 Å². The zero-order valence-corrected chi connectivity index (χ0v) is 13.8. The minimum absolute atomic E-state index is 0.260. The van der Waals surface area contributed by atoms with E-state index in [0.29, 0.717) is 12.3 Å². The third-order valence-corrected chi connectivity index (χ3v) is 4.92. The molecular weight excluding hydrogens is 324 g/mol. The molecule has 0 amide bonds. The van der Waals surface area contributed by atoms with Crippen molar-refractivity contribution in [3.05, 3.63) is 69.2 Å². The summed E-state index contributed by atoms with van der Waals surface area (Å²) in [6, 6.07) is 14.5. The van der Waals surface area contributed by atoms with Crippen LogP contribution in [0.25, 0.3) is 0 Å². The molecule has 1 unspecified atom stereocenters. The summed E-state index contributed by atoms with van der Waals surface area (Å²) in [6.45, 7) is 2.01. The van der Waals surface area contributed by atoms with Gasteiger partial charge in [0.2, 0.25) is 0 Å². The van der Waals surface area contributed by atoms with Gasteiger partial charge in [-0.25, -0.2) is 0 Å². The monoisotopic (exact) mass is 342 g/mol. The fourth-order valence-electron chi connectivity index (χ4n) is 3.29. The highest BCUT2D eigenvalue weighted by molar-refractivity contribution is 9.10. The Labute approximate surface area is 134 Å². The van der Waals surface area contributed by atoms with Crippen molar-refractivity contribution in [1.29, 1.82) is 0 Å². The number of rotatable bonds is 3. The average Bonchev–Trinajstić information content (AvgIpc) is 2.50. The van der Waals surface area contributed by atoms with Crippen LogP contribution >= 0.6 is 15.9 Å². The van der Waals surface area contributed by atoms with Gasteiger partial charge in [0.15, 0.2) is 5.78 Å². The van der Waals surface area contributed by atoms with Gasteiger partial charge in [-0.2, -0.15) is 0 Å². The highest BCUT2D eigenvalue weighted by atomic mass is 79.9. The molecule has 1 aliphatic rings. The molecule has 2 heteroatoms. The largest absolute Gasteiger partial charge is 0.294 e. The quantitative estimate of drug-likeness (QED) is 0.677. The summed E-state index contributed by atoms with van der Waals surface area (Å²) in [4.78, 5) is 12.7. The molecule has 0 heterocycles. The van der Waals surface area contributed by atoms with Gasteiger partial charge in [0.25, 0.3) is 0 Å². The number of ketones is 1. The maximum Gasteiger partial charge on any atom is 0.163 e. The molecule has 108 valence electrons. The Morgan fingerprint density at radius 3 is 2.90 bits per heavy atom. The van der Waals surface area contributed by atoms with Crippen molar-refractivity contribution in [3.63, 3.8) is 0 Å². The number of halogens is 1. The summed E-state index contributed by atoms with van der Waals surface area (Å²) < 4.78 is 0.973. The lowest BCUT2D eigenvalue weighted by Gasteiger charge is -2.25. The average molecular weight is 343 g/mol. The van der Waals surface area contributed by atoms with Crippen LogP contribution in [-0.2, 0) is 6.42 Å². The molecule has 0 radical (unpaired) electrons. The minimum Gasteiger partial charge on any atom is -0.294 e. The van der Waals surface area contributed by atoms with Crippen molar-refractivity contribution in [2.45, 2.75) is 38.5 Å². The van der Waals surface area contributed by atoms with Crippen LogP contribution in [0.1, 0.15) is 52.2 Å². The van der Waals surface area contributed by atoms with E-state index >= 15 is 0 Å². The summed E-state index contributed by atoms with van der Waals surface area (Å²) in [5.41, 5.74) is 4.72. The van der Waals surface area contributed by atoms with Gasteiger partial charge in [0.1, 0.15) is 0 Å². The van der Waals surface area contributed by atoms with E-state index in [9.17, 15) is 4.79 Å². The summed E-state index contributed by atoms with van der Waals surface area (Å²) in [5.74, 6) is 0.635. The molecule has 2 aromatic carbocycles.